The molecule has 3 rings (SSSR count). The minimum atomic E-state index is -5.06. The fourth-order valence-corrected chi connectivity index (χ4v) is 3.23. The number of amides is 1. The minimum absolute atomic E-state index is 0.0106. The van der Waals surface area contributed by atoms with Crippen molar-refractivity contribution in [2.45, 2.75) is 12.7 Å². The highest BCUT2D eigenvalue weighted by molar-refractivity contribution is 6.31. The predicted octanol–water partition coefficient (Wildman–Crippen LogP) is 4.22. The number of nitrogens with one attached hydrogen (secondary N) is 1. The van der Waals surface area contributed by atoms with Crippen LogP contribution < -0.4 is 16.0 Å². The van der Waals surface area contributed by atoms with Gasteiger partial charge in [-0.1, -0.05) is 23.2 Å². The van der Waals surface area contributed by atoms with Crippen molar-refractivity contribution < 1.29 is 22.7 Å². The van der Waals surface area contributed by atoms with Crippen LogP contribution in [-0.4, -0.2) is 26.2 Å². The van der Waals surface area contributed by atoms with E-state index in [1.807, 2.05) is 0 Å². The molecule has 0 aliphatic rings. The zero-order valence-corrected chi connectivity index (χ0v) is 19.3. The number of pyridine rings is 1. The number of halogens is 5. The second-order valence-electron chi connectivity index (χ2n) is 7.05. The third-order valence-corrected chi connectivity index (χ3v) is 4.86. The van der Waals surface area contributed by atoms with Gasteiger partial charge >= 0.3 is 6.18 Å². The molecule has 0 saturated heterocycles. The number of rotatable bonds is 7. The van der Waals surface area contributed by atoms with E-state index in [1.54, 1.807) is 6.07 Å². The van der Waals surface area contributed by atoms with Crippen LogP contribution in [0, 0.1) is 16.7 Å². The molecule has 3 N–H and O–H groups in total. The van der Waals surface area contributed by atoms with Gasteiger partial charge in [0.05, 0.1) is 46.5 Å². The second-order valence-corrected chi connectivity index (χ2v) is 7.92. The molecule has 0 bridgehead atoms. The lowest BCUT2D eigenvalue weighted by Gasteiger charge is -2.15. The van der Waals surface area contributed by atoms with Crippen molar-refractivity contribution in [2.75, 3.05) is 0 Å². The van der Waals surface area contributed by atoms with Gasteiger partial charge in [-0.2, -0.15) is 18.4 Å². The van der Waals surface area contributed by atoms with Crippen molar-refractivity contribution in [3.8, 4) is 17.6 Å². The van der Waals surface area contributed by atoms with Crippen LogP contribution in [0.5, 0.6) is 11.5 Å². The van der Waals surface area contributed by atoms with Gasteiger partial charge in [0.1, 0.15) is 5.75 Å². The highest BCUT2D eigenvalue weighted by Crippen LogP contribution is 2.35. The summed E-state index contributed by atoms with van der Waals surface area (Å²) in [6.45, 7) is -0.594. The van der Waals surface area contributed by atoms with Crippen molar-refractivity contribution in [2.24, 2.45) is 5.73 Å². The molecule has 0 aliphatic heterocycles. The quantitative estimate of drug-likeness (QED) is 0.341. The Labute approximate surface area is 210 Å². The maximum Gasteiger partial charge on any atom is 0.437 e. The molecule has 0 spiro atoms. The Balaban J connectivity index is 2.02. The van der Waals surface area contributed by atoms with E-state index < -0.39 is 35.6 Å². The van der Waals surface area contributed by atoms with Crippen molar-refractivity contribution in [1.29, 1.82) is 10.7 Å². The standard InChI is InChI=1S/C22H13Cl2F3N6O3/c23-12-1-2-17(31-8-12)16(20(30)34)6-14(29)9-33-10-32-19(22(25,26)27)18(21(33)35)36-15-4-11(7-28)3-13(24)5-15/h1-6,8,10,29H,9H2,(H2,30,34)/b16-6-,29-14?. The van der Waals surface area contributed by atoms with Crippen LogP contribution in [0.3, 0.4) is 0 Å². The first-order valence-corrected chi connectivity index (χ1v) is 10.4. The van der Waals surface area contributed by atoms with Crippen LogP contribution in [-0.2, 0) is 17.5 Å². The molecule has 0 fully saturated rings. The summed E-state index contributed by atoms with van der Waals surface area (Å²) in [5.74, 6) is -2.44. The highest BCUT2D eigenvalue weighted by atomic mass is 35.5. The van der Waals surface area contributed by atoms with E-state index in [2.05, 4.69) is 9.97 Å². The average Bonchev–Trinajstić information content (AvgIpc) is 2.79. The molecule has 184 valence electrons. The summed E-state index contributed by atoms with van der Waals surface area (Å²) in [7, 11) is 0. The van der Waals surface area contributed by atoms with E-state index >= 15 is 0 Å². The number of nitrogens with two attached hydrogens (primary N) is 1. The molecule has 0 aliphatic carbocycles. The number of hydrogen-bond acceptors (Lipinski definition) is 7. The van der Waals surface area contributed by atoms with Crippen LogP contribution in [0.2, 0.25) is 10.0 Å². The summed E-state index contributed by atoms with van der Waals surface area (Å²) in [6, 6.07) is 8.03. The molecule has 1 aromatic carbocycles. The van der Waals surface area contributed by atoms with Crippen LogP contribution in [0.1, 0.15) is 17.0 Å². The van der Waals surface area contributed by atoms with E-state index in [-0.39, 0.29) is 38.3 Å². The monoisotopic (exact) mass is 536 g/mol. The number of nitrogens with zero attached hydrogens (tertiary/aromatic N) is 4. The third kappa shape index (κ3) is 6.26. The van der Waals surface area contributed by atoms with Crippen LogP contribution in [0.25, 0.3) is 5.57 Å². The van der Waals surface area contributed by atoms with Crippen LogP contribution in [0.4, 0.5) is 13.2 Å². The van der Waals surface area contributed by atoms with Crippen molar-refractivity contribution in [1.82, 2.24) is 14.5 Å². The summed E-state index contributed by atoms with van der Waals surface area (Å²) in [5.41, 5.74) is 1.96. The lowest BCUT2D eigenvalue weighted by atomic mass is 10.1. The highest BCUT2D eigenvalue weighted by Gasteiger charge is 2.38. The fraction of sp³-hybridized carbons (Fsp3) is 0.0909. The molecule has 14 heteroatoms. The maximum atomic E-state index is 13.5. The zero-order valence-electron chi connectivity index (χ0n) is 17.8. The maximum absolute atomic E-state index is 13.5. The van der Waals surface area contributed by atoms with Gasteiger partial charge in [-0.05, 0) is 36.4 Å². The van der Waals surface area contributed by atoms with Gasteiger partial charge in [0, 0.05) is 11.2 Å². The van der Waals surface area contributed by atoms with Crippen LogP contribution >= 0.6 is 23.2 Å². The van der Waals surface area contributed by atoms with Crippen molar-refractivity contribution in [3.63, 3.8) is 0 Å². The SMILES string of the molecule is N#Cc1cc(Cl)cc(Oc2c(C(F)(F)F)ncn(CC(=N)/C=C(\C(N)=O)c3ccc(Cl)cn3)c2=O)c1. The molecular weight excluding hydrogens is 524 g/mol. The summed E-state index contributed by atoms with van der Waals surface area (Å²) >= 11 is 11.6. The molecule has 0 radical (unpaired) electrons. The molecule has 0 saturated carbocycles. The smallest absolute Gasteiger partial charge is 0.437 e. The average molecular weight is 537 g/mol. The van der Waals surface area contributed by atoms with E-state index in [4.69, 9.17) is 44.3 Å². The number of ether oxygens (including phenoxy) is 1. The summed E-state index contributed by atoms with van der Waals surface area (Å²) < 4.78 is 46.5. The summed E-state index contributed by atoms with van der Waals surface area (Å²) in [5, 5.41) is 17.5. The molecule has 0 atom stereocenters. The number of aromatic nitrogens is 3. The lowest BCUT2D eigenvalue weighted by molar-refractivity contribution is -0.142. The summed E-state index contributed by atoms with van der Waals surface area (Å²) in [4.78, 5) is 32.0. The third-order valence-electron chi connectivity index (χ3n) is 4.41. The largest absolute Gasteiger partial charge is 0.449 e. The van der Waals surface area contributed by atoms with Gasteiger partial charge < -0.3 is 15.9 Å². The van der Waals surface area contributed by atoms with Gasteiger partial charge in [0.25, 0.3) is 11.5 Å². The van der Waals surface area contributed by atoms with E-state index in [1.165, 1.54) is 24.4 Å². The number of nitriles is 1. The van der Waals surface area contributed by atoms with Crippen molar-refractivity contribution >= 4 is 40.4 Å². The predicted molar refractivity (Wildman–Crippen MR) is 124 cm³/mol. The van der Waals surface area contributed by atoms with Gasteiger partial charge in [-0.15, -0.1) is 0 Å². The first-order chi connectivity index (χ1) is 16.9. The minimum Gasteiger partial charge on any atom is -0.449 e. The van der Waals surface area contributed by atoms with E-state index in [0.29, 0.717) is 10.9 Å². The molecule has 2 heterocycles. The van der Waals surface area contributed by atoms with Gasteiger partial charge in [0.2, 0.25) is 5.75 Å². The van der Waals surface area contributed by atoms with Crippen LogP contribution in [0.15, 0.2) is 53.7 Å². The second kappa shape index (κ2) is 10.6. The first kappa shape index (κ1) is 26.4. The first-order valence-electron chi connectivity index (χ1n) is 9.65. The molecule has 3 aromatic rings. The Morgan fingerprint density at radius 2 is 1.94 bits per heavy atom. The molecule has 9 nitrogen and oxygen atoms in total. The van der Waals surface area contributed by atoms with Gasteiger partial charge in [-0.25, -0.2) is 4.98 Å². The number of alkyl halides is 3. The number of primary amides is 1. The number of allylic oxidation sites excluding steroid dienone is 1. The van der Waals surface area contributed by atoms with Gasteiger partial charge in [0.15, 0.2) is 5.69 Å². The Hall–Kier alpha value is -4.21. The molecule has 0 unspecified atom stereocenters. The Morgan fingerprint density at radius 1 is 1.22 bits per heavy atom. The van der Waals surface area contributed by atoms with E-state index in [0.717, 1.165) is 18.2 Å². The topological polar surface area (TPSA) is 148 Å². The van der Waals surface area contributed by atoms with Crippen molar-refractivity contribution in [3.05, 3.63) is 86.3 Å². The number of hydrogen-bond donors (Lipinski definition) is 2. The van der Waals surface area contributed by atoms with E-state index in [9.17, 15) is 22.8 Å². The molecule has 1 amide bonds. The number of benzene rings is 1. The number of carbonyl (C=O) groups excluding carboxylic acids is 1. The zero-order chi connectivity index (χ0) is 26.6. The van der Waals surface area contributed by atoms with Gasteiger partial charge in [-0.3, -0.25) is 19.1 Å². The molecule has 2 aromatic heterocycles. The Kier molecular flexibility index (Phi) is 7.77. The number of carbonyl (C=O) groups is 1. The molecule has 36 heavy (non-hydrogen) atoms. The summed E-state index contributed by atoms with van der Waals surface area (Å²) in [6.07, 6.45) is -2.21. The lowest BCUT2D eigenvalue weighted by Crippen LogP contribution is -2.28. The Morgan fingerprint density at radius 3 is 2.53 bits per heavy atom. The normalized spacial score (nSPS) is 11.6. The Bertz CT molecular complexity index is 1480. The molecular formula is C22H13Cl2F3N6O3. The fourth-order valence-electron chi connectivity index (χ4n) is 2.89.